The Balaban J connectivity index is 1.37. The van der Waals surface area contributed by atoms with Crippen LogP contribution in [0.25, 0.3) is 0 Å². The number of likely N-dealkylation sites (tertiary alicyclic amines) is 2. The Morgan fingerprint density at radius 3 is 2.28 bits per heavy atom. The summed E-state index contributed by atoms with van der Waals surface area (Å²) >= 11 is 12.5. The molecule has 2 atom stereocenters. The van der Waals surface area contributed by atoms with E-state index in [1.165, 1.54) is 50.0 Å². The van der Waals surface area contributed by atoms with E-state index < -0.39 is 0 Å². The molecule has 0 unspecified atom stereocenters. The van der Waals surface area contributed by atoms with Crippen LogP contribution in [0.4, 0.5) is 0 Å². The molecule has 2 heterocycles. The van der Waals surface area contributed by atoms with Crippen LogP contribution in [0.1, 0.15) is 61.6 Å². The fraction of sp³-hybridized carbons (Fsp3) is 0.567. The molecule has 36 heavy (non-hydrogen) atoms. The third-order valence-electron chi connectivity index (χ3n) is 8.15. The summed E-state index contributed by atoms with van der Waals surface area (Å²) in [6.07, 6.45) is 7.62. The highest BCUT2D eigenvalue weighted by Crippen LogP contribution is 2.34. The summed E-state index contributed by atoms with van der Waals surface area (Å²) in [5, 5.41) is 4.78. The standard InChI is InChI=1S/C30H41Cl2N3O/c1-3-22(21-34-14-4-5-15-34)18-25-20-27(32)10-11-28(25)24-12-16-35(17-13-24)30(36)29(33-2)19-23-6-8-26(31)9-7-23/h6-11,20,22,24,29,33H,3-5,12-19,21H2,1-2H3/t22-,29+/m0/s1. The van der Waals surface area contributed by atoms with E-state index in [-0.39, 0.29) is 11.9 Å². The number of carbonyl (C=O) groups is 1. The summed E-state index contributed by atoms with van der Waals surface area (Å²) in [6.45, 7) is 7.60. The van der Waals surface area contributed by atoms with Gasteiger partial charge in [0.1, 0.15) is 0 Å². The summed E-state index contributed by atoms with van der Waals surface area (Å²) in [7, 11) is 1.87. The Morgan fingerprint density at radius 1 is 0.972 bits per heavy atom. The predicted molar refractivity (Wildman–Crippen MR) is 151 cm³/mol. The Bertz CT molecular complexity index is 982. The van der Waals surface area contributed by atoms with Gasteiger partial charge >= 0.3 is 0 Å². The molecule has 2 aromatic carbocycles. The third-order valence-corrected chi connectivity index (χ3v) is 8.64. The van der Waals surface area contributed by atoms with Crippen LogP contribution in [0, 0.1) is 5.92 Å². The molecule has 2 aromatic rings. The minimum Gasteiger partial charge on any atom is -0.341 e. The highest BCUT2D eigenvalue weighted by atomic mass is 35.5. The number of hydrogen-bond donors (Lipinski definition) is 1. The summed E-state index contributed by atoms with van der Waals surface area (Å²) in [5.41, 5.74) is 3.97. The van der Waals surface area contributed by atoms with Gasteiger partial charge in [-0.2, -0.15) is 0 Å². The molecule has 0 saturated carbocycles. The Hall–Kier alpha value is -1.59. The lowest BCUT2D eigenvalue weighted by molar-refractivity contribution is -0.134. The minimum absolute atomic E-state index is 0.193. The number of hydrogen-bond acceptors (Lipinski definition) is 3. The van der Waals surface area contributed by atoms with E-state index in [4.69, 9.17) is 23.2 Å². The number of rotatable bonds is 10. The van der Waals surface area contributed by atoms with Gasteiger partial charge in [0.05, 0.1) is 6.04 Å². The molecular weight excluding hydrogens is 489 g/mol. The molecular formula is C30H41Cl2N3O. The lowest BCUT2D eigenvalue weighted by atomic mass is 9.83. The number of nitrogens with zero attached hydrogens (tertiary/aromatic N) is 2. The molecule has 2 aliphatic heterocycles. The van der Waals surface area contributed by atoms with Gasteiger partial charge in [-0.05, 0) is 111 Å². The molecule has 0 radical (unpaired) electrons. The molecule has 6 heteroatoms. The van der Waals surface area contributed by atoms with Crippen molar-refractivity contribution in [3.63, 3.8) is 0 Å². The molecule has 0 bridgehead atoms. The van der Waals surface area contributed by atoms with E-state index in [0.29, 0.717) is 18.3 Å². The highest BCUT2D eigenvalue weighted by Gasteiger charge is 2.29. The number of piperidine rings is 1. The maximum atomic E-state index is 13.3. The predicted octanol–water partition coefficient (Wildman–Crippen LogP) is 6.19. The average Bonchev–Trinajstić information content (AvgIpc) is 3.41. The Kier molecular flexibility index (Phi) is 10.1. The number of carbonyl (C=O) groups excluding carboxylic acids is 1. The SMILES string of the molecule is CC[C@@H](Cc1cc(Cl)ccc1C1CCN(C(=O)[C@@H](Cc2ccc(Cl)cc2)NC)CC1)CN1CCCC1. The summed E-state index contributed by atoms with van der Waals surface area (Å²) in [5.74, 6) is 1.33. The first-order chi connectivity index (χ1) is 17.5. The number of likely N-dealkylation sites (N-methyl/N-ethyl adjacent to an activating group) is 1. The quantitative estimate of drug-likeness (QED) is 0.398. The van der Waals surface area contributed by atoms with Crippen molar-refractivity contribution in [2.45, 2.75) is 63.8 Å². The van der Waals surface area contributed by atoms with Crippen molar-refractivity contribution in [2.75, 3.05) is 39.8 Å². The van der Waals surface area contributed by atoms with Crippen molar-refractivity contribution in [3.8, 4) is 0 Å². The Morgan fingerprint density at radius 2 is 1.64 bits per heavy atom. The van der Waals surface area contributed by atoms with Crippen molar-refractivity contribution in [1.29, 1.82) is 0 Å². The molecule has 0 aromatic heterocycles. The summed E-state index contributed by atoms with van der Waals surface area (Å²) in [6, 6.07) is 14.1. The van der Waals surface area contributed by atoms with Crippen LogP contribution >= 0.6 is 23.2 Å². The zero-order chi connectivity index (χ0) is 25.5. The number of halogens is 2. The van der Waals surface area contributed by atoms with Gasteiger partial charge in [0, 0.05) is 29.7 Å². The maximum absolute atomic E-state index is 13.3. The van der Waals surface area contributed by atoms with E-state index in [0.717, 1.165) is 48.0 Å². The van der Waals surface area contributed by atoms with E-state index in [1.807, 2.05) is 42.3 Å². The van der Waals surface area contributed by atoms with Gasteiger partial charge in [-0.15, -0.1) is 0 Å². The van der Waals surface area contributed by atoms with Crippen LogP contribution in [0.5, 0.6) is 0 Å². The normalized spacial score (nSPS) is 18.9. The van der Waals surface area contributed by atoms with Crippen LogP contribution < -0.4 is 5.32 Å². The maximum Gasteiger partial charge on any atom is 0.240 e. The molecule has 2 saturated heterocycles. The number of nitrogens with one attached hydrogen (secondary N) is 1. The first kappa shape index (κ1) is 27.4. The van der Waals surface area contributed by atoms with Gasteiger partial charge in [0.25, 0.3) is 0 Å². The van der Waals surface area contributed by atoms with Gasteiger partial charge in [-0.3, -0.25) is 4.79 Å². The molecule has 0 spiro atoms. The summed E-state index contributed by atoms with van der Waals surface area (Å²) < 4.78 is 0. The number of amides is 1. The lowest BCUT2D eigenvalue weighted by Gasteiger charge is -2.35. The average molecular weight is 531 g/mol. The second kappa shape index (κ2) is 13.3. The van der Waals surface area contributed by atoms with Crippen LogP contribution in [-0.2, 0) is 17.6 Å². The van der Waals surface area contributed by atoms with Gasteiger partial charge in [0.2, 0.25) is 5.91 Å². The second-order valence-corrected chi connectivity index (χ2v) is 11.5. The lowest BCUT2D eigenvalue weighted by Crippen LogP contribution is -2.49. The molecule has 0 aliphatic carbocycles. The van der Waals surface area contributed by atoms with Gasteiger partial charge < -0.3 is 15.1 Å². The molecule has 196 valence electrons. The highest BCUT2D eigenvalue weighted by molar-refractivity contribution is 6.30. The van der Waals surface area contributed by atoms with Crippen molar-refractivity contribution < 1.29 is 4.79 Å². The monoisotopic (exact) mass is 529 g/mol. The fourth-order valence-electron chi connectivity index (χ4n) is 5.93. The first-order valence-electron chi connectivity index (χ1n) is 13.7. The van der Waals surface area contributed by atoms with Crippen molar-refractivity contribution in [3.05, 3.63) is 69.2 Å². The van der Waals surface area contributed by atoms with Crippen LogP contribution in [-0.4, -0.2) is 61.5 Å². The zero-order valence-electron chi connectivity index (χ0n) is 21.8. The van der Waals surface area contributed by atoms with Crippen molar-refractivity contribution >= 4 is 29.1 Å². The second-order valence-electron chi connectivity index (χ2n) is 10.6. The molecule has 2 aliphatic rings. The molecule has 2 fully saturated rings. The molecule has 4 rings (SSSR count). The van der Waals surface area contributed by atoms with Gasteiger partial charge in [-0.25, -0.2) is 0 Å². The van der Waals surface area contributed by atoms with E-state index in [9.17, 15) is 4.79 Å². The zero-order valence-corrected chi connectivity index (χ0v) is 23.3. The molecule has 1 amide bonds. The molecule has 4 nitrogen and oxygen atoms in total. The fourth-order valence-corrected chi connectivity index (χ4v) is 6.25. The topological polar surface area (TPSA) is 35.6 Å². The minimum atomic E-state index is -0.218. The van der Waals surface area contributed by atoms with Crippen LogP contribution in [0.3, 0.4) is 0 Å². The van der Waals surface area contributed by atoms with Crippen molar-refractivity contribution in [1.82, 2.24) is 15.1 Å². The first-order valence-corrected chi connectivity index (χ1v) is 14.4. The van der Waals surface area contributed by atoms with Gasteiger partial charge in [-0.1, -0.05) is 54.7 Å². The largest absolute Gasteiger partial charge is 0.341 e. The smallest absolute Gasteiger partial charge is 0.240 e. The summed E-state index contributed by atoms with van der Waals surface area (Å²) in [4.78, 5) is 18.0. The Labute approximate surface area is 227 Å². The van der Waals surface area contributed by atoms with Gasteiger partial charge in [0.15, 0.2) is 0 Å². The van der Waals surface area contributed by atoms with Crippen LogP contribution in [0.15, 0.2) is 42.5 Å². The van der Waals surface area contributed by atoms with Crippen LogP contribution in [0.2, 0.25) is 10.0 Å². The number of benzene rings is 2. The van der Waals surface area contributed by atoms with E-state index >= 15 is 0 Å². The van der Waals surface area contributed by atoms with E-state index in [2.05, 4.69) is 29.3 Å². The molecule has 1 N–H and O–H groups in total. The van der Waals surface area contributed by atoms with E-state index in [1.54, 1.807) is 0 Å². The third kappa shape index (κ3) is 7.25. The van der Waals surface area contributed by atoms with Crippen molar-refractivity contribution in [2.24, 2.45) is 5.92 Å².